The van der Waals surface area contributed by atoms with Gasteiger partial charge < -0.3 is 4.90 Å². The summed E-state index contributed by atoms with van der Waals surface area (Å²) < 4.78 is 2.23. The van der Waals surface area contributed by atoms with Crippen molar-refractivity contribution in [2.75, 3.05) is 11.4 Å². The molecule has 0 radical (unpaired) electrons. The van der Waals surface area contributed by atoms with Gasteiger partial charge in [0.25, 0.3) is 0 Å². The number of aromatic nitrogens is 3. The van der Waals surface area contributed by atoms with Gasteiger partial charge in [-0.05, 0) is 35.4 Å². The summed E-state index contributed by atoms with van der Waals surface area (Å²) in [7, 11) is 0. The first-order chi connectivity index (χ1) is 13.3. The Morgan fingerprint density at radius 1 is 0.889 bits per heavy atom. The first kappa shape index (κ1) is 16.4. The van der Waals surface area contributed by atoms with E-state index in [-0.39, 0.29) is 0 Å². The lowest BCUT2D eigenvalue weighted by Crippen LogP contribution is -2.14. The summed E-state index contributed by atoms with van der Waals surface area (Å²) in [6.07, 6.45) is 0. The van der Waals surface area contributed by atoms with Gasteiger partial charge in [0.15, 0.2) is 5.16 Å². The molecule has 3 aromatic carbocycles. The molecule has 0 aliphatic carbocycles. The summed E-state index contributed by atoms with van der Waals surface area (Å²) in [5.41, 5.74) is 3.78. The van der Waals surface area contributed by atoms with Crippen molar-refractivity contribution in [3.63, 3.8) is 0 Å². The highest BCUT2D eigenvalue weighted by Gasteiger charge is 2.26. The fourth-order valence-corrected chi connectivity index (χ4v) is 4.58. The third kappa shape index (κ3) is 2.98. The topological polar surface area (TPSA) is 34.0 Å². The number of rotatable bonds is 4. The van der Waals surface area contributed by atoms with Crippen LogP contribution < -0.4 is 4.90 Å². The second kappa shape index (κ2) is 6.74. The molecule has 0 saturated carbocycles. The first-order valence-corrected chi connectivity index (χ1v) is 10.1. The molecule has 134 valence electrons. The van der Waals surface area contributed by atoms with Crippen molar-refractivity contribution >= 4 is 34.2 Å². The molecule has 5 heteroatoms. The maximum absolute atomic E-state index is 4.47. The summed E-state index contributed by atoms with van der Waals surface area (Å²) in [4.78, 5) is 2.24. The van der Waals surface area contributed by atoms with E-state index in [9.17, 15) is 0 Å². The van der Waals surface area contributed by atoms with Crippen LogP contribution in [0.3, 0.4) is 0 Å². The van der Waals surface area contributed by atoms with Gasteiger partial charge in [0.05, 0.1) is 0 Å². The van der Waals surface area contributed by atoms with Crippen LogP contribution in [-0.2, 0) is 12.3 Å². The van der Waals surface area contributed by atoms with E-state index in [4.69, 9.17) is 0 Å². The summed E-state index contributed by atoms with van der Waals surface area (Å²) in [5.74, 6) is 1.84. The Bertz CT molecular complexity index is 1100. The Kier molecular flexibility index (Phi) is 4.09. The summed E-state index contributed by atoms with van der Waals surface area (Å²) in [5, 5.41) is 12.5. The molecule has 27 heavy (non-hydrogen) atoms. The molecule has 1 aliphatic heterocycles. The molecule has 0 N–H and O–H groups in total. The zero-order valence-electron chi connectivity index (χ0n) is 15.2. The Morgan fingerprint density at radius 2 is 1.70 bits per heavy atom. The van der Waals surface area contributed by atoms with Gasteiger partial charge in [0.2, 0.25) is 5.95 Å². The second-order valence-electron chi connectivity index (χ2n) is 6.85. The number of aryl methyl sites for hydroxylation is 1. The molecular weight excluding hydrogens is 352 g/mol. The van der Waals surface area contributed by atoms with Gasteiger partial charge in [-0.2, -0.15) is 0 Å². The van der Waals surface area contributed by atoms with Gasteiger partial charge in [-0.3, -0.25) is 4.57 Å². The molecule has 0 bridgehead atoms. The quantitative estimate of drug-likeness (QED) is 0.462. The standard InChI is InChI=1S/C22H20N4S/c1-16-9-11-19(12-10-16)25-13-14-26-21(25)23-24-22(26)27-15-18-7-4-6-17-5-2-3-8-20(17)18/h2-12H,13-15H2,1H3. The molecule has 0 fully saturated rings. The van der Waals surface area contributed by atoms with Crippen molar-refractivity contribution in [2.24, 2.45) is 0 Å². The van der Waals surface area contributed by atoms with Crippen molar-refractivity contribution in [3.8, 4) is 0 Å². The lowest BCUT2D eigenvalue weighted by molar-refractivity contribution is 0.704. The molecule has 0 atom stereocenters. The number of fused-ring (bicyclic) bond motifs is 2. The predicted molar refractivity (Wildman–Crippen MR) is 112 cm³/mol. The monoisotopic (exact) mass is 372 g/mol. The molecule has 0 spiro atoms. The van der Waals surface area contributed by atoms with Gasteiger partial charge in [-0.15, -0.1) is 10.2 Å². The van der Waals surface area contributed by atoms with Crippen LogP contribution in [0.15, 0.2) is 71.9 Å². The van der Waals surface area contributed by atoms with Gasteiger partial charge in [0, 0.05) is 24.5 Å². The van der Waals surface area contributed by atoms with Crippen LogP contribution in [0.2, 0.25) is 0 Å². The van der Waals surface area contributed by atoms with E-state index in [0.717, 1.165) is 29.9 Å². The molecule has 0 unspecified atom stereocenters. The van der Waals surface area contributed by atoms with E-state index in [1.165, 1.54) is 27.6 Å². The van der Waals surface area contributed by atoms with E-state index in [1.807, 2.05) is 0 Å². The smallest absolute Gasteiger partial charge is 0.232 e. The van der Waals surface area contributed by atoms with Crippen LogP contribution in [0.1, 0.15) is 11.1 Å². The van der Waals surface area contributed by atoms with Gasteiger partial charge in [0.1, 0.15) is 0 Å². The average Bonchev–Trinajstić information content (AvgIpc) is 3.29. The third-order valence-corrected chi connectivity index (χ3v) is 6.08. The van der Waals surface area contributed by atoms with E-state index >= 15 is 0 Å². The van der Waals surface area contributed by atoms with E-state index in [0.29, 0.717) is 0 Å². The second-order valence-corrected chi connectivity index (χ2v) is 7.79. The SMILES string of the molecule is Cc1ccc(N2CCn3c(SCc4cccc5ccccc45)nnc32)cc1. The highest BCUT2D eigenvalue weighted by molar-refractivity contribution is 7.98. The Labute approximate surface area is 162 Å². The number of nitrogens with zero attached hydrogens (tertiary/aromatic N) is 4. The number of benzene rings is 3. The maximum Gasteiger partial charge on any atom is 0.232 e. The number of anilines is 2. The Morgan fingerprint density at radius 3 is 2.59 bits per heavy atom. The minimum atomic E-state index is 0.893. The first-order valence-electron chi connectivity index (χ1n) is 9.16. The summed E-state index contributed by atoms with van der Waals surface area (Å²) >= 11 is 1.76. The minimum Gasteiger partial charge on any atom is -0.309 e. The van der Waals surface area contributed by atoms with Crippen molar-refractivity contribution in [1.82, 2.24) is 14.8 Å². The highest BCUT2D eigenvalue weighted by atomic mass is 32.2. The van der Waals surface area contributed by atoms with Crippen LogP contribution >= 0.6 is 11.8 Å². The molecule has 4 aromatic rings. The van der Waals surface area contributed by atoms with Crippen LogP contribution in [0, 0.1) is 6.92 Å². The molecule has 5 rings (SSSR count). The normalized spacial score (nSPS) is 13.3. The molecule has 0 amide bonds. The zero-order chi connectivity index (χ0) is 18.2. The molecule has 0 saturated heterocycles. The number of hydrogen-bond acceptors (Lipinski definition) is 4. The Balaban J connectivity index is 1.39. The lowest BCUT2D eigenvalue weighted by atomic mass is 10.1. The minimum absolute atomic E-state index is 0.893. The molecule has 2 heterocycles. The van der Waals surface area contributed by atoms with Crippen molar-refractivity contribution in [3.05, 3.63) is 77.9 Å². The van der Waals surface area contributed by atoms with E-state index in [2.05, 4.69) is 93.3 Å². The van der Waals surface area contributed by atoms with Crippen molar-refractivity contribution in [1.29, 1.82) is 0 Å². The highest BCUT2D eigenvalue weighted by Crippen LogP contribution is 2.34. The van der Waals surface area contributed by atoms with E-state index < -0.39 is 0 Å². The predicted octanol–water partition coefficient (Wildman–Crippen LogP) is 5.18. The maximum atomic E-state index is 4.47. The van der Waals surface area contributed by atoms with Crippen molar-refractivity contribution in [2.45, 2.75) is 24.4 Å². The number of thioether (sulfide) groups is 1. The third-order valence-electron chi connectivity index (χ3n) is 5.07. The average molecular weight is 372 g/mol. The number of hydrogen-bond donors (Lipinski definition) is 0. The van der Waals surface area contributed by atoms with Gasteiger partial charge in [-0.25, -0.2) is 0 Å². The Hall–Kier alpha value is -2.79. The molecule has 1 aliphatic rings. The van der Waals surface area contributed by atoms with Crippen molar-refractivity contribution < 1.29 is 0 Å². The fraction of sp³-hybridized carbons (Fsp3) is 0.182. The van der Waals surface area contributed by atoms with Gasteiger partial charge in [-0.1, -0.05) is 71.9 Å². The molecular formula is C22H20N4S. The van der Waals surface area contributed by atoms with Gasteiger partial charge >= 0.3 is 0 Å². The van der Waals surface area contributed by atoms with Crippen LogP contribution in [0.4, 0.5) is 11.6 Å². The largest absolute Gasteiger partial charge is 0.309 e. The summed E-state index contributed by atoms with van der Waals surface area (Å²) in [6, 6.07) is 23.6. The molecule has 1 aromatic heterocycles. The van der Waals surface area contributed by atoms with Crippen LogP contribution in [0.5, 0.6) is 0 Å². The summed E-state index contributed by atoms with van der Waals surface area (Å²) in [6.45, 7) is 3.97. The molecule has 4 nitrogen and oxygen atoms in total. The fourth-order valence-electron chi connectivity index (χ4n) is 3.61. The zero-order valence-corrected chi connectivity index (χ0v) is 16.0. The van der Waals surface area contributed by atoms with E-state index in [1.54, 1.807) is 11.8 Å². The lowest BCUT2D eigenvalue weighted by Gasteiger charge is -2.15. The van der Waals surface area contributed by atoms with Crippen LogP contribution in [-0.4, -0.2) is 21.3 Å². The van der Waals surface area contributed by atoms with Crippen LogP contribution in [0.25, 0.3) is 10.8 Å².